The highest BCUT2D eigenvalue weighted by Gasteiger charge is 2.22. The average Bonchev–Trinajstić information content (AvgIpc) is 2.57. The number of rotatable bonds is 2. The number of aryl methyl sites for hydroxylation is 1. The number of nitrogens with zero attached hydrogens (tertiary/aromatic N) is 2. The quantitative estimate of drug-likeness (QED) is 0.836. The highest BCUT2D eigenvalue weighted by atomic mass is 35.5. The van der Waals surface area contributed by atoms with Crippen molar-refractivity contribution in [3.8, 4) is 0 Å². The van der Waals surface area contributed by atoms with Gasteiger partial charge in [-0.05, 0) is 37.3 Å². The molecule has 1 saturated heterocycles. The average molecular weight is 333 g/mol. The summed E-state index contributed by atoms with van der Waals surface area (Å²) in [4.78, 5) is 16.5. The molecule has 5 heteroatoms. The van der Waals surface area contributed by atoms with E-state index in [-0.39, 0.29) is 10.9 Å². The third-order valence-electron chi connectivity index (χ3n) is 4.10. The van der Waals surface area contributed by atoms with Crippen molar-refractivity contribution in [2.75, 3.05) is 31.1 Å². The summed E-state index contributed by atoms with van der Waals surface area (Å²) in [5, 5.41) is 0.126. The Morgan fingerprint density at radius 2 is 1.83 bits per heavy atom. The Balaban J connectivity index is 1.66. The van der Waals surface area contributed by atoms with Crippen LogP contribution in [0.15, 0.2) is 42.5 Å². The number of halogens is 2. The van der Waals surface area contributed by atoms with E-state index >= 15 is 0 Å². The van der Waals surface area contributed by atoms with Gasteiger partial charge in [-0.25, -0.2) is 4.39 Å². The van der Waals surface area contributed by atoms with Crippen molar-refractivity contribution in [1.29, 1.82) is 0 Å². The minimum absolute atomic E-state index is 0.0606. The van der Waals surface area contributed by atoms with Gasteiger partial charge >= 0.3 is 0 Å². The number of carbonyl (C=O) groups is 1. The minimum Gasteiger partial charge on any atom is -0.368 e. The van der Waals surface area contributed by atoms with Gasteiger partial charge in [0, 0.05) is 37.4 Å². The number of hydrogen-bond donors (Lipinski definition) is 0. The van der Waals surface area contributed by atoms with Crippen LogP contribution in [0.25, 0.3) is 0 Å². The van der Waals surface area contributed by atoms with E-state index in [1.54, 1.807) is 12.1 Å². The number of carbonyl (C=O) groups excluding carboxylic acids is 1. The zero-order valence-corrected chi connectivity index (χ0v) is 13.7. The second kappa shape index (κ2) is 6.59. The molecule has 0 atom stereocenters. The minimum atomic E-state index is -0.413. The molecule has 0 saturated carbocycles. The standard InChI is InChI=1S/C18H18ClFN2O/c1-13-3-2-4-14(11-13)18(23)22-9-7-21(8-10-22)15-5-6-17(20)16(19)12-15/h2-6,11-12H,7-10H2,1H3. The lowest BCUT2D eigenvalue weighted by atomic mass is 10.1. The van der Waals surface area contributed by atoms with Gasteiger partial charge in [0.05, 0.1) is 5.02 Å². The highest BCUT2D eigenvalue weighted by molar-refractivity contribution is 6.31. The maximum atomic E-state index is 13.3. The summed E-state index contributed by atoms with van der Waals surface area (Å²) in [5.41, 5.74) is 2.69. The Hall–Kier alpha value is -2.07. The Morgan fingerprint density at radius 3 is 2.48 bits per heavy atom. The van der Waals surface area contributed by atoms with E-state index < -0.39 is 5.82 Å². The van der Waals surface area contributed by atoms with Crippen LogP contribution in [0.3, 0.4) is 0 Å². The molecule has 1 fully saturated rings. The Morgan fingerprint density at radius 1 is 1.09 bits per heavy atom. The third kappa shape index (κ3) is 3.48. The Bertz CT molecular complexity index is 727. The van der Waals surface area contributed by atoms with Crippen LogP contribution in [0.2, 0.25) is 5.02 Å². The van der Waals surface area contributed by atoms with Gasteiger partial charge < -0.3 is 9.80 Å². The summed E-state index contributed by atoms with van der Waals surface area (Å²) >= 11 is 5.84. The zero-order valence-electron chi connectivity index (χ0n) is 12.9. The predicted octanol–water partition coefficient (Wildman–Crippen LogP) is 3.75. The van der Waals surface area contributed by atoms with E-state index in [4.69, 9.17) is 11.6 Å². The fraction of sp³-hybridized carbons (Fsp3) is 0.278. The molecular weight excluding hydrogens is 315 g/mol. The second-order valence-electron chi connectivity index (χ2n) is 5.75. The molecule has 0 N–H and O–H groups in total. The summed E-state index contributed by atoms with van der Waals surface area (Å²) < 4.78 is 13.3. The van der Waals surface area contributed by atoms with Crippen LogP contribution in [0.4, 0.5) is 10.1 Å². The van der Waals surface area contributed by atoms with Crippen molar-refractivity contribution in [1.82, 2.24) is 4.90 Å². The Kier molecular flexibility index (Phi) is 4.53. The van der Waals surface area contributed by atoms with E-state index in [9.17, 15) is 9.18 Å². The molecule has 0 spiro atoms. The van der Waals surface area contributed by atoms with E-state index in [0.29, 0.717) is 26.2 Å². The van der Waals surface area contributed by atoms with E-state index in [1.807, 2.05) is 36.1 Å². The highest BCUT2D eigenvalue weighted by Crippen LogP contribution is 2.24. The molecule has 3 nitrogen and oxygen atoms in total. The molecule has 0 aliphatic carbocycles. The van der Waals surface area contributed by atoms with Crippen molar-refractivity contribution in [2.45, 2.75) is 6.92 Å². The first-order valence-corrected chi connectivity index (χ1v) is 7.98. The summed E-state index contributed by atoms with van der Waals surface area (Å²) in [6.07, 6.45) is 0. The van der Waals surface area contributed by atoms with Gasteiger partial charge in [-0.15, -0.1) is 0 Å². The summed E-state index contributed by atoms with van der Waals surface area (Å²) in [6.45, 7) is 4.68. The summed E-state index contributed by atoms with van der Waals surface area (Å²) in [7, 11) is 0. The van der Waals surface area contributed by atoms with E-state index in [2.05, 4.69) is 4.90 Å². The van der Waals surface area contributed by atoms with Gasteiger partial charge in [-0.3, -0.25) is 4.79 Å². The molecule has 0 unspecified atom stereocenters. The first-order valence-electron chi connectivity index (χ1n) is 7.60. The molecule has 120 valence electrons. The van der Waals surface area contributed by atoms with E-state index in [1.165, 1.54) is 6.07 Å². The molecule has 1 aliphatic rings. The van der Waals surface area contributed by atoms with Crippen molar-refractivity contribution in [3.63, 3.8) is 0 Å². The molecule has 3 rings (SSSR count). The molecular formula is C18H18ClFN2O. The molecule has 0 aromatic heterocycles. The van der Waals surface area contributed by atoms with Crippen molar-refractivity contribution < 1.29 is 9.18 Å². The van der Waals surface area contributed by atoms with Gasteiger partial charge in [-0.2, -0.15) is 0 Å². The number of benzene rings is 2. The lowest BCUT2D eigenvalue weighted by molar-refractivity contribution is 0.0746. The molecule has 1 heterocycles. The largest absolute Gasteiger partial charge is 0.368 e. The SMILES string of the molecule is Cc1cccc(C(=O)N2CCN(c3ccc(F)c(Cl)c3)CC2)c1. The Labute approximate surface area is 140 Å². The molecule has 1 aliphatic heterocycles. The van der Waals surface area contributed by atoms with Crippen LogP contribution >= 0.6 is 11.6 Å². The normalized spacial score (nSPS) is 14.9. The number of amides is 1. The van der Waals surface area contributed by atoms with Crippen LogP contribution in [-0.2, 0) is 0 Å². The van der Waals surface area contributed by atoms with Crippen LogP contribution < -0.4 is 4.90 Å². The van der Waals surface area contributed by atoms with Gasteiger partial charge in [0.1, 0.15) is 5.82 Å². The lowest BCUT2D eigenvalue weighted by Gasteiger charge is -2.36. The number of anilines is 1. The van der Waals surface area contributed by atoms with Crippen molar-refractivity contribution in [3.05, 3.63) is 64.4 Å². The predicted molar refractivity (Wildman–Crippen MR) is 90.7 cm³/mol. The van der Waals surface area contributed by atoms with Crippen LogP contribution in [-0.4, -0.2) is 37.0 Å². The van der Waals surface area contributed by atoms with Crippen LogP contribution in [0.1, 0.15) is 15.9 Å². The van der Waals surface area contributed by atoms with Crippen LogP contribution in [0, 0.1) is 12.7 Å². The van der Waals surface area contributed by atoms with Crippen LogP contribution in [0.5, 0.6) is 0 Å². The maximum Gasteiger partial charge on any atom is 0.253 e. The molecule has 2 aromatic carbocycles. The molecule has 2 aromatic rings. The number of hydrogen-bond acceptors (Lipinski definition) is 2. The first kappa shape index (κ1) is 15.8. The third-order valence-corrected chi connectivity index (χ3v) is 4.39. The smallest absolute Gasteiger partial charge is 0.253 e. The fourth-order valence-corrected chi connectivity index (χ4v) is 2.98. The lowest BCUT2D eigenvalue weighted by Crippen LogP contribution is -2.48. The van der Waals surface area contributed by atoms with E-state index in [0.717, 1.165) is 16.8 Å². The summed E-state index contributed by atoms with van der Waals surface area (Å²) in [6, 6.07) is 12.4. The maximum absolute atomic E-state index is 13.3. The second-order valence-corrected chi connectivity index (χ2v) is 6.15. The first-order chi connectivity index (χ1) is 11.0. The molecule has 0 radical (unpaired) electrons. The van der Waals surface area contributed by atoms with Crippen molar-refractivity contribution >= 4 is 23.2 Å². The molecule has 1 amide bonds. The van der Waals surface area contributed by atoms with Gasteiger partial charge in [0.25, 0.3) is 5.91 Å². The van der Waals surface area contributed by atoms with Crippen molar-refractivity contribution in [2.24, 2.45) is 0 Å². The summed E-state index contributed by atoms with van der Waals surface area (Å²) in [5.74, 6) is -0.353. The van der Waals surface area contributed by atoms with Gasteiger partial charge in [0.15, 0.2) is 0 Å². The molecule has 23 heavy (non-hydrogen) atoms. The van der Waals surface area contributed by atoms with Gasteiger partial charge in [-0.1, -0.05) is 29.3 Å². The molecule has 0 bridgehead atoms. The fourth-order valence-electron chi connectivity index (χ4n) is 2.81. The monoisotopic (exact) mass is 332 g/mol. The zero-order chi connectivity index (χ0) is 16.4. The number of piperazine rings is 1. The topological polar surface area (TPSA) is 23.6 Å². The van der Waals surface area contributed by atoms with Gasteiger partial charge in [0.2, 0.25) is 0 Å².